The minimum absolute atomic E-state index is 0.734. The minimum atomic E-state index is 0.734. The molecule has 2 nitrogen and oxygen atoms in total. The molecule has 0 aliphatic rings. The Morgan fingerprint density at radius 3 is 2.45 bits per heavy atom. The van der Waals surface area contributed by atoms with Crippen molar-refractivity contribution in [2.24, 2.45) is 5.92 Å². The Balaban J connectivity index is 2.07. The van der Waals surface area contributed by atoms with Crippen LogP contribution < -0.4 is 10.1 Å². The summed E-state index contributed by atoms with van der Waals surface area (Å²) < 4.78 is 5.77. The molecule has 1 rings (SSSR count). The summed E-state index contributed by atoms with van der Waals surface area (Å²) in [6.45, 7) is 9.73. The van der Waals surface area contributed by atoms with Crippen LogP contribution in [0.5, 0.6) is 5.75 Å². The normalized spacial score (nSPS) is 11.0. The van der Waals surface area contributed by atoms with Crippen LogP contribution in [-0.2, 0) is 6.42 Å². The molecule has 0 saturated heterocycles. The van der Waals surface area contributed by atoms with E-state index in [4.69, 9.17) is 4.74 Å². The summed E-state index contributed by atoms with van der Waals surface area (Å²) >= 11 is 0. The van der Waals surface area contributed by atoms with Crippen molar-refractivity contribution in [1.82, 2.24) is 5.32 Å². The van der Waals surface area contributed by atoms with E-state index in [0.29, 0.717) is 0 Å². The standard InChI is InChI=1S/C18H31NO/c1-4-5-8-17-9-11-18(12-10-17)20-14-7-6-13-19-15-16(2)3/h9-12,16,19H,4-8,13-15H2,1-3H3. The first-order valence-corrected chi connectivity index (χ1v) is 8.14. The summed E-state index contributed by atoms with van der Waals surface area (Å²) in [7, 11) is 0. The van der Waals surface area contributed by atoms with Crippen LogP contribution >= 0.6 is 0 Å². The number of hydrogen-bond donors (Lipinski definition) is 1. The van der Waals surface area contributed by atoms with Gasteiger partial charge in [0.2, 0.25) is 0 Å². The predicted molar refractivity (Wildman–Crippen MR) is 87.5 cm³/mol. The van der Waals surface area contributed by atoms with Gasteiger partial charge >= 0.3 is 0 Å². The lowest BCUT2D eigenvalue weighted by Crippen LogP contribution is -2.21. The van der Waals surface area contributed by atoms with E-state index < -0.39 is 0 Å². The van der Waals surface area contributed by atoms with Gasteiger partial charge in [-0.15, -0.1) is 0 Å². The van der Waals surface area contributed by atoms with Crippen molar-refractivity contribution in [3.8, 4) is 5.75 Å². The Hall–Kier alpha value is -1.02. The molecule has 0 unspecified atom stereocenters. The summed E-state index contributed by atoms with van der Waals surface area (Å²) in [6.07, 6.45) is 6.00. The number of rotatable bonds is 11. The smallest absolute Gasteiger partial charge is 0.119 e. The molecule has 0 aromatic heterocycles. The summed E-state index contributed by atoms with van der Waals surface area (Å²) in [4.78, 5) is 0. The lowest BCUT2D eigenvalue weighted by Gasteiger charge is -2.09. The van der Waals surface area contributed by atoms with Gasteiger partial charge in [-0.05, 0) is 62.4 Å². The third-order valence-electron chi connectivity index (χ3n) is 3.31. The van der Waals surface area contributed by atoms with Crippen molar-refractivity contribution < 1.29 is 4.74 Å². The molecule has 0 aliphatic carbocycles. The van der Waals surface area contributed by atoms with Crippen LogP contribution in [0.15, 0.2) is 24.3 Å². The molecule has 1 aromatic rings. The molecule has 0 radical (unpaired) electrons. The van der Waals surface area contributed by atoms with Gasteiger partial charge in [-0.2, -0.15) is 0 Å². The maximum atomic E-state index is 5.77. The molecule has 1 N–H and O–H groups in total. The van der Waals surface area contributed by atoms with Gasteiger partial charge < -0.3 is 10.1 Å². The molecule has 0 spiro atoms. The van der Waals surface area contributed by atoms with Crippen molar-refractivity contribution >= 4 is 0 Å². The van der Waals surface area contributed by atoms with Crippen molar-refractivity contribution in [2.75, 3.05) is 19.7 Å². The molecule has 2 heteroatoms. The van der Waals surface area contributed by atoms with Crippen LogP contribution in [0.25, 0.3) is 0 Å². The Labute approximate surface area is 124 Å². The first-order valence-electron chi connectivity index (χ1n) is 8.14. The number of hydrogen-bond acceptors (Lipinski definition) is 2. The summed E-state index contributed by atoms with van der Waals surface area (Å²) in [6, 6.07) is 8.58. The number of unbranched alkanes of at least 4 members (excludes halogenated alkanes) is 2. The topological polar surface area (TPSA) is 21.3 Å². The van der Waals surface area contributed by atoms with Gasteiger partial charge in [-0.25, -0.2) is 0 Å². The molecular formula is C18H31NO. The first kappa shape index (κ1) is 17.0. The second-order valence-corrected chi connectivity index (χ2v) is 5.90. The minimum Gasteiger partial charge on any atom is -0.494 e. The van der Waals surface area contributed by atoms with Crippen molar-refractivity contribution in [1.29, 1.82) is 0 Å². The molecule has 0 amide bonds. The molecule has 0 bridgehead atoms. The third kappa shape index (κ3) is 8.21. The predicted octanol–water partition coefficient (Wildman–Crippen LogP) is 4.43. The Morgan fingerprint density at radius 2 is 1.80 bits per heavy atom. The molecule has 0 heterocycles. The molecule has 20 heavy (non-hydrogen) atoms. The fourth-order valence-corrected chi connectivity index (χ4v) is 2.07. The maximum absolute atomic E-state index is 5.77. The largest absolute Gasteiger partial charge is 0.494 e. The SMILES string of the molecule is CCCCc1ccc(OCCCCNCC(C)C)cc1. The van der Waals surface area contributed by atoms with Crippen LogP contribution in [0, 0.1) is 5.92 Å². The number of nitrogens with one attached hydrogen (secondary N) is 1. The molecule has 0 atom stereocenters. The third-order valence-corrected chi connectivity index (χ3v) is 3.31. The number of ether oxygens (including phenoxy) is 1. The van der Waals surface area contributed by atoms with E-state index in [1.165, 1.54) is 31.2 Å². The van der Waals surface area contributed by atoms with Gasteiger partial charge in [0, 0.05) is 0 Å². The fraction of sp³-hybridized carbons (Fsp3) is 0.667. The highest BCUT2D eigenvalue weighted by atomic mass is 16.5. The highest BCUT2D eigenvalue weighted by Gasteiger charge is 1.97. The lowest BCUT2D eigenvalue weighted by molar-refractivity contribution is 0.305. The molecule has 0 fully saturated rings. The Kier molecular flexibility index (Phi) is 9.14. The highest BCUT2D eigenvalue weighted by molar-refractivity contribution is 5.27. The van der Waals surface area contributed by atoms with E-state index in [9.17, 15) is 0 Å². The first-order chi connectivity index (χ1) is 9.72. The van der Waals surface area contributed by atoms with Crippen molar-refractivity contribution in [3.05, 3.63) is 29.8 Å². The van der Waals surface area contributed by atoms with E-state index >= 15 is 0 Å². The second-order valence-electron chi connectivity index (χ2n) is 5.90. The summed E-state index contributed by atoms with van der Waals surface area (Å²) in [5, 5.41) is 3.45. The zero-order chi connectivity index (χ0) is 14.6. The van der Waals surface area contributed by atoms with E-state index in [-0.39, 0.29) is 0 Å². The van der Waals surface area contributed by atoms with Gasteiger partial charge in [-0.1, -0.05) is 39.3 Å². The Morgan fingerprint density at radius 1 is 1.05 bits per heavy atom. The van der Waals surface area contributed by atoms with E-state index in [2.05, 4.69) is 50.4 Å². The average Bonchev–Trinajstić information content (AvgIpc) is 2.45. The van der Waals surface area contributed by atoms with Gasteiger partial charge in [0.1, 0.15) is 5.75 Å². The van der Waals surface area contributed by atoms with Gasteiger partial charge in [-0.3, -0.25) is 0 Å². The van der Waals surface area contributed by atoms with Crippen LogP contribution in [-0.4, -0.2) is 19.7 Å². The summed E-state index contributed by atoms with van der Waals surface area (Å²) in [5.74, 6) is 1.73. The van der Waals surface area contributed by atoms with Gasteiger partial charge in [0.25, 0.3) is 0 Å². The van der Waals surface area contributed by atoms with Crippen molar-refractivity contribution in [3.63, 3.8) is 0 Å². The van der Waals surface area contributed by atoms with E-state index in [0.717, 1.165) is 37.8 Å². The summed E-state index contributed by atoms with van der Waals surface area (Å²) in [5.41, 5.74) is 1.41. The fourth-order valence-electron chi connectivity index (χ4n) is 2.07. The van der Waals surface area contributed by atoms with Crippen LogP contribution in [0.2, 0.25) is 0 Å². The molecular weight excluding hydrogens is 246 g/mol. The quantitative estimate of drug-likeness (QED) is 0.604. The Bertz CT molecular complexity index is 332. The zero-order valence-electron chi connectivity index (χ0n) is 13.5. The van der Waals surface area contributed by atoms with Gasteiger partial charge in [0.05, 0.1) is 6.61 Å². The maximum Gasteiger partial charge on any atom is 0.119 e. The number of aryl methyl sites for hydroxylation is 1. The molecule has 0 saturated carbocycles. The average molecular weight is 277 g/mol. The van der Waals surface area contributed by atoms with Crippen LogP contribution in [0.1, 0.15) is 52.0 Å². The van der Waals surface area contributed by atoms with Crippen LogP contribution in [0.3, 0.4) is 0 Å². The molecule has 0 aliphatic heterocycles. The van der Waals surface area contributed by atoms with E-state index in [1.54, 1.807) is 0 Å². The number of benzene rings is 1. The molecule has 114 valence electrons. The van der Waals surface area contributed by atoms with Crippen LogP contribution in [0.4, 0.5) is 0 Å². The highest BCUT2D eigenvalue weighted by Crippen LogP contribution is 2.14. The second kappa shape index (κ2) is 10.7. The van der Waals surface area contributed by atoms with Crippen molar-refractivity contribution in [2.45, 2.75) is 52.9 Å². The molecule has 1 aromatic carbocycles. The van der Waals surface area contributed by atoms with Gasteiger partial charge in [0.15, 0.2) is 0 Å². The van der Waals surface area contributed by atoms with E-state index in [1.807, 2.05) is 0 Å². The zero-order valence-corrected chi connectivity index (χ0v) is 13.5. The monoisotopic (exact) mass is 277 g/mol. The lowest BCUT2D eigenvalue weighted by atomic mass is 10.1.